The number of benzene rings is 2. The highest BCUT2D eigenvalue weighted by molar-refractivity contribution is 6.34. The van der Waals surface area contributed by atoms with Gasteiger partial charge in [-0.2, -0.15) is 0 Å². The first-order chi connectivity index (χ1) is 15.7. The maximum Gasteiger partial charge on any atom is 0.333 e. The Morgan fingerprint density at radius 3 is 2.52 bits per heavy atom. The number of rotatable bonds is 10. The summed E-state index contributed by atoms with van der Waals surface area (Å²) in [6.45, 7) is 3.77. The number of carboxylic acid groups (broad SMARTS) is 1. The van der Waals surface area contributed by atoms with Crippen LogP contribution in [0.1, 0.15) is 61.0 Å². The molecule has 3 rings (SSSR count). The van der Waals surface area contributed by atoms with Crippen LogP contribution in [0.15, 0.2) is 36.4 Å². The molecule has 3 N–H and O–H groups in total. The maximum absolute atomic E-state index is 12.7. The second-order valence-corrected chi connectivity index (χ2v) is 8.94. The van der Waals surface area contributed by atoms with Crippen LogP contribution in [0.4, 0.5) is 0 Å². The van der Waals surface area contributed by atoms with Crippen LogP contribution in [0.3, 0.4) is 0 Å². The molecule has 1 fully saturated rings. The predicted molar refractivity (Wildman–Crippen MR) is 125 cm³/mol. The van der Waals surface area contributed by atoms with Crippen molar-refractivity contribution in [2.75, 3.05) is 0 Å². The SMILES string of the molecule is CC(C)OC(Cc1ccc(OC2CCCC2)c(CNC(=O)c2ccc(O)cc2Cl)c1)C(=O)O. The van der Waals surface area contributed by atoms with E-state index in [9.17, 15) is 19.8 Å². The molecule has 0 aliphatic heterocycles. The van der Waals surface area contributed by atoms with Crippen molar-refractivity contribution in [1.29, 1.82) is 0 Å². The molecule has 1 aliphatic rings. The maximum atomic E-state index is 12.7. The quantitative estimate of drug-likeness (QED) is 0.459. The number of carboxylic acids is 1. The zero-order valence-electron chi connectivity index (χ0n) is 18.8. The third-order valence-corrected chi connectivity index (χ3v) is 5.80. The van der Waals surface area contributed by atoms with Gasteiger partial charge in [-0.1, -0.05) is 23.7 Å². The molecule has 0 heterocycles. The molecule has 2 aromatic rings. The van der Waals surface area contributed by atoms with Crippen LogP contribution >= 0.6 is 11.6 Å². The van der Waals surface area contributed by atoms with Crippen LogP contribution in [0.5, 0.6) is 11.5 Å². The number of aromatic hydroxyl groups is 1. The van der Waals surface area contributed by atoms with Gasteiger partial charge in [0.2, 0.25) is 0 Å². The standard InChI is InChI=1S/C25H30ClNO6/c1-15(2)32-23(25(30)31)12-16-7-10-22(33-19-5-3-4-6-19)17(11-16)14-27-24(29)20-9-8-18(28)13-21(20)26/h7-11,13,15,19,23,28H,3-6,12,14H2,1-2H3,(H,27,29)(H,30,31). The van der Waals surface area contributed by atoms with Crippen molar-refractivity contribution in [2.24, 2.45) is 0 Å². The molecule has 178 valence electrons. The Morgan fingerprint density at radius 2 is 1.88 bits per heavy atom. The molecule has 1 unspecified atom stereocenters. The van der Waals surface area contributed by atoms with Crippen LogP contribution in [-0.4, -0.2) is 40.4 Å². The fraction of sp³-hybridized carbons (Fsp3) is 0.440. The van der Waals surface area contributed by atoms with Crippen molar-refractivity contribution in [2.45, 2.75) is 70.8 Å². The Labute approximate surface area is 198 Å². The third kappa shape index (κ3) is 7.11. The van der Waals surface area contributed by atoms with Gasteiger partial charge in [0.05, 0.1) is 22.8 Å². The van der Waals surface area contributed by atoms with E-state index in [4.69, 9.17) is 21.1 Å². The summed E-state index contributed by atoms with van der Waals surface area (Å²) in [4.78, 5) is 24.3. The van der Waals surface area contributed by atoms with Crippen molar-refractivity contribution in [1.82, 2.24) is 5.32 Å². The van der Waals surface area contributed by atoms with Gasteiger partial charge >= 0.3 is 5.97 Å². The number of nitrogens with one attached hydrogen (secondary N) is 1. The summed E-state index contributed by atoms with van der Waals surface area (Å²) in [5.41, 5.74) is 1.77. The van der Waals surface area contributed by atoms with E-state index in [-0.39, 0.29) is 47.4 Å². The number of phenols is 1. The lowest BCUT2D eigenvalue weighted by atomic mass is 10.0. The summed E-state index contributed by atoms with van der Waals surface area (Å²) >= 11 is 6.09. The molecular weight excluding hydrogens is 446 g/mol. The average molecular weight is 476 g/mol. The van der Waals surface area contributed by atoms with Gasteiger partial charge < -0.3 is 25.0 Å². The molecule has 0 radical (unpaired) electrons. The summed E-state index contributed by atoms with van der Waals surface area (Å²) in [6, 6.07) is 9.69. The summed E-state index contributed by atoms with van der Waals surface area (Å²) in [5.74, 6) is -0.761. The van der Waals surface area contributed by atoms with Gasteiger partial charge in [-0.3, -0.25) is 4.79 Å². The highest BCUT2D eigenvalue weighted by Crippen LogP contribution is 2.28. The van der Waals surface area contributed by atoms with Crippen molar-refractivity contribution in [3.63, 3.8) is 0 Å². The van der Waals surface area contributed by atoms with E-state index in [0.29, 0.717) is 5.75 Å². The van der Waals surface area contributed by atoms with E-state index in [1.54, 1.807) is 13.8 Å². The summed E-state index contributed by atoms with van der Waals surface area (Å²) < 4.78 is 11.7. The molecule has 1 amide bonds. The minimum absolute atomic E-state index is 0.0203. The number of phenolic OH excluding ortho intramolecular Hbond substituents is 1. The molecule has 7 nitrogen and oxygen atoms in total. The van der Waals surface area contributed by atoms with Crippen LogP contribution in [-0.2, 0) is 22.5 Å². The van der Waals surface area contributed by atoms with Gasteiger partial charge in [-0.25, -0.2) is 4.79 Å². The number of ether oxygens (including phenoxy) is 2. The first kappa shape index (κ1) is 24.9. The molecule has 2 aromatic carbocycles. The Kier molecular flexibility index (Phi) is 8.58. The largest absolute Gasteiger partial charge is 0.508 e. The van der Waals surface area contributed by atoms with Crippen molar-refractivity contribution >= 4 is 23.5 Å². The second-order valence-electron chi connectivity index (χ2n) is 8.53. The monoisotopic (exact) mass is 475 g/mol. The van der Waals surface area contributed by atoms with Gasteiger partial charge in [-0.15, -0.1) is 0 Å². The molecule has 1 atom stereocenters. The van der Waals surface area contributed by atoms with Gasteiger partial charge in [0.25, 0.3) is 5.91 Å². The number of carbonyl (C=O) groups excluding carboxylic acids is 1. The number of halogens is 1. The number of aliphatic carboxylic acids is 1. The van der Waals surface area contributed by atoms with E-state index in [1.807, 2.05) is 18.2 Å². The van der Waals surface area contributed by atoms with Gasteiger partial charge in [-0.05, 0) is 69.4 Å². The average Bonchev–Trinajstić information content (AvgIpc) is 3.25. The van der Waals surface area contributed by atoms with E-state index >= 15 is 0 Å². The van der Waals surface area contributed by atoms with Crippen molar-refractivity contribution in [3.8, 4) is 11.5 Å². The van der Waals surface area contributed by atoms with E-state index in [1.165, 1.54) is 18.2 Å². The Balaban J connectivity index is 1.79. The fourth-order valence-corrected chi connectivity index (χ4v) is 4.15. The molecule has 0 saturated heterocycles. The van der Waals surface area contributed by atoms with Crippen LogP contribution in [0.2, 0.25) is 5.02 Å². The zero-order chi connectivity index (χ0) is 24.0. The Bertz CT molecular complexity index is 987. The van der Waals surface area contributed by atoms with Gasteiger partial charge in [0.1, 0.15) is 11.5 Å². The zero-order valence-corrected chi connectivity index (χ0v) is 19.6. The lowest BCUT2D eigenvalue weighted by Crippen LogP contribution is -2.29. The highest BCUT2D eigenvalue weighted by Gasteiger charge is 2.22. The third-order valence-electron chi connectivity index (χ3n) is 5.49. The molecule has 33 heavy (non-hydrogen) atoms. The van der Waals surface area contributed by atoms with Crippen molar-refractivity contribution in [3.05, 3.63) is 58.1 Å². The fourth-order valence-electron chi connectivity index (χ4n) is 3.89. The first-order valence-corrected chi connectivity index (χ1v) is 11.5. The van der Waals surface area contributed by atoms with Crippen molar-refractivity contribution < 1.29 is 29.3 Å². The van der Waals surface area contributed by atoms with E-state index in [2.05, 4.69) is 5.32 Å². The minimum Gasteiger partial charge on any atom is -0.508 e. The first-order valence-electron chi connectivity index (χ1n) is 11.2. The number of amides is 1. The lowest BCUT2D eigenvalue weighted by Gasteiger charge is -2.20. The van der Waals surface area contributed by atoms with Crippen LogP contribution in [0, 0.1) is 0 Å². The Hall–Kier alpha value is -2.77. The summed E-state index contributed by atoms with van der Waals surface area (Å²) in [6.07, 6.45) is 3.37. The second kappa shape index (κ2) is 11.4. The van der Waals surface area contributed by atoms with Gasteiger partial charge in [0.15, 0.2) is 6.10 Å². The normalized spacial score (nSPS) is 14.9. The number of hydrogen-bond acceptors (Lipinski definition) is 5. The van der Waals surface area contributed by atoms with Crippen LogP contribution in [0.25, 0.3) is 0 Å². The van der Waals surface area contributed by atoms with Crippen LogP contribution < -0.4 is 10.1 Å². The smallest absolute Gasteiger partial charge is 0.333 e. The summed E-state index contributed by atoms with van der Waals surface area (Å²) in [5, 5.41) is 22.0. The number of carbonyl (C=O) groups is 2. The molecule has 8 heteroatoms. The minimum atomic E-state index is -1.02. The predicted octanol–water partition coefficient (Wildman–Crippen LogP) is 4.72. The topological polar surface area (TPSA) is 105 Å². The molecule has 0 bridgehead atoms. The lowest BCUT2D eigenvalue weighted by molar-refractivity contribution is -0.153. The van der Waals surface area contributed by atoms with Gasteiger partial charge in [0, 0.05) is 18.5 Å². The number of hydrogen-bond donors (Lipinski definition) is 3. The Morgan fingerprint density at radius 1 is 1.15 bits per heavy atom. The molecule has 0 spiro atoms. The van der Waals surface area contributed by atoms with E-state index in [0.717, 1.165) is 36.8 Å². The molecule has 1 aliphatic carbocycles. The summed E-state index contributed by atoms with van der Waals surface area (Å²) in [7, 11) is 0. The molecular formula is C25H30ClNO6. The highest BCUT2D eigenvalue weighted by atomic mass is 35.5. The molecule has 1 saturated carbocycles. The molecule has 0 aromatic heterocycles. The van der Waals surface area contributed by atoms with E-state index < -0.39 is 12.1 Å².